The molecular formula is C61H43NO. The van der Waals surface area contributed by atoms with E-state index in [0.29, 0.717) is 0 Å². The van der Waals surface area contributed by atoms with E-state index in [1.807, 2.05) is 12.1 Å². The predicted octanol–water partition coefficient (Wildman–Crippen LogP) is 17.2. The van der Waals surface area contributed by atoms with E-state index in [2.05, 4.69) is 231 Å². The van der Waals surface area contributed by atoms with Crippen LogP contribution in [-0.4, -0.2) is 0 Å². The molecule has 0 aliphatic heterocycles. The van der Waals surface area contributed by atoms with E-state index in [1.54, 1.807) is 0 Å². The first-order valence-electron chi connectivity index (χ1n) is 21.8. The van der Waals surface area contributed by atoms with Crippen molar-refractivity contribution in [3.8, 4) is 55.6 Å². The summed E-state index contributed by atoms with van der Waals surface area (Å²) in [5.41, 5.74) is 19.9. The van der Waals surface area contributed by atoms with Gasteiger partial charge < -0.3 is 9.32 Å². The van der Waals surface area contributed by atoms with Crippen molar-refractivity contribution >= 4 is 49.8 Å². The largest absolute Gasteiger partial charge is 0.456 e. The summed E-state index contributed by atoms with van der Waals surface area (Å²) in [6.45, 7) is 4.75. The van der Waals surface area contributed by atoms with Crippen LogP contribution in [0, 0.1) is 0 Å². The summed E-state index contributed by atoms with van der Waals surface area (Å²) in [7, 11) is 0. The minimum absolute atomic E-state index is 0.190. The summed E-state index contributed by atoms with van der Waals surface area (Å²) in [6, 6.07) is 81.7. The predicted molar refractivity (Wildman–Crippen MR) is 265 cm³/mol. The van der Waals surface area contributed by atoms with Crippen LogP contribution in [0.2, 0.25) is 0 Å². The smallest absolute Gasteiger partial charge is 0.136 e. The number of benzene rings is 10. The van der Waals surface area contributed by atoms with Crippen LogP contribution >= 0.6 is 0 Å². The van der Waals surface area contributed by atoms with Gasteiger partial charge in [0.15, 0.2) is 0 Å². The molecule has 0 unspecified atom stereocenters. The van der Waals surface area contributed by atoms with Crippen molar-refractivity contribution in [2.45, 2.75) is 19.3 Å². The Labute approximate surface area is 368 Å². The monoisotopic (exact) mass is 805 g/mol. The van der Waals surface area contributed by atoms with E-state index in [9.17, 15) is 0 Å². The van der Waals surface area contributed by atoms with Crippen molar-refractivity contribution in [2.75, 3.05) is 4.90 Å². The Hall–Kier alpha value is -7.94. The standard InChI is InChI=1S/C61H43NO/c1-61(2)56-37-45(40-13-5-3-6-14-40)27-32-51(56)52-34-31-48(39-57(52)61)62(58-36-35-49(44-15-7-4-8-16-44)50-17-9-10-18-53(50)58)47-29-25-42(26-30-47)41-21-23-43(24-22-41)46-28-33-55-54-19-11-12-20-59(54)63-60(55)38-46/h3-39H,1-2H3. The fourth-order valence-corrected chi connectivity index (χ4v) is 10.0. The second-order valence-electron chi connectivity index (χ2n) is 17.3. The molecule has 0 atom stereocenters. The molecule has 0 radical (unpaired) electrons. The molecule has 0 N–H and O–H groups in total. The van der Waals surface area contributed by atoms with E-state index in [4.69, 9.17) is 4.42 Å². The highest BCUT2D eigenvalue weighted by Gasteiger charge is 2.36. The maximum atomic E-state index is 6.21. The summed E-state index contributed by atoms with van der Waals surface area (Å²) < 4.78 is 6.21. The first-order chi connectivity index (χ1) is 31.0. The van der Waals surface area contributed by atoms with Gasteiger partial charge in [-0.3, -0.25) is 0 Å². The van der Waals surface area contributed by atoms with Crippen LogP contribution in [-0.2, 0) is 5.41 Å². The Morgan fingerprint density at radius 3 is 1.52 bits per heavy atom. The van der Waals surface area contributed by atoms with E-state index >= 15 is 0 Å². The number of para-hydroxylation sites is 1. The first kappa shape index (κ1) is 36.9. The molecule has 2 nitrogen and oxygen atoms in total. The van der Waals surface area contributed by atoms with Gasteiger partial charge >= 0.3 is 0 Å². The molecule has 12 rings (SSSR count). The Bertz CT molecular complexity index is 3510. The second-order valence-corrected chi connectivity index (χ2v) is 17.3. The zero-order valence-corrected chi connectivity index (χ0v) is 35.2. The van der Waals surface area contributed by atoms with Crippen molar-refractivity contribution in [1.82, 2.24) is 0 Å². The molecule has 63 heavy (non-hydrogen) atoms. The van der Waals surface area contributed by atoms with Crippen LogP contribution in [0.4, 0.5) is 17.1 Å². The molecule has 0 spiro atoms. The van der Waals surface area contributed by atoms with Gasteiger partial charge in [0, 0.05) is 32.9 Å². The highest BCUT2D eigenvalue weighted by Crippen LogP contribution is 2.52. The van der Waals surface area contributed by atoms with Gasteiger partial charge in [-0.1, -0.05) is 184 Å². The number of hydrogen-bond donors (Lipinski definition) is 0. The van der Waals surface area contributed by atoms with E-state index < -0.39 is 0 Å². The molecule has 298 valence electrons. The Morgan fingerprint density at radius 2 is 0.794 bits per heavy atom. The van der Waals surface area contributed by atoms with Gasteiger partial charge in [-0.05, 0) is 127 Å². The van der Waals surface area contributed by atoms with Crippen molar-refractivity contribution < 1.29 is 4.42 Å². The Morgan fingerprint density at radius 1 is 0.317 bits per heavy atom. The van der Waals surface area contributed by atoms with Crippen LogP contribution in [0.3, 0.4) is 0 Å². The minimum Gasteiger partial charge on any atom is -0.456 e. The third-order valence-electron chi connectivity index (χ3n) is 13.3. The number of hydrogen-bond acceptors (Lipinski definition) is 2. The van der Waals surface area contributed by atoms with Crippen LogP contribution in [0.1, 0.15) is 25.0 Å². The number of nitrogens with zero attached hydrogens (tertiary/aromatic N) is 1. The highest BCUT2D eigenvalue weighted by molar-refractivity contribution is 6.07. The van der Waals surface area contributed by atoms with Gasteiger partial charge in [-0.2, -0.15) is 0 Å². The summed E-state index contributed by atoms with van der Waals surface area (Å²) >= 11 is 0. The second kappa shape index (κ2) is 14.6. The van der Waals surface area contributed by atoms with Crippen molar-refractivity contribution in [3.63, 3.8) is 0 Å². The van der Waals surface area contributed by atoms with Gasteiger partial charge in [0.2, 0.25) is 0 Å². The highest BCUT2D eigenvalue weighted by atomic mass is 16.3. The van der Waals surface area contributed by atoms with Gasteiger partial charge in [0.1, 0.15) is 11.2 Å². The van der Waals surface area contributed by atoms with Gasteiger partial charge in [-0.25, -0.2) is 0 Å². The normalized spacial score (nSPS) is 12.7. The third-order valence-corrected chi connectivity index (χ3v) is 13.3. The molecule has 11 aromatic rings. The van der Waals surface area contributed by atoms with Crippen LogP contribution in [0.25, 0.3) is 88.3 Å². The van der Waals surface area contributed by atoms with Crippen molar-refractivity contribution in [3.05, 3.63) is 236 Å². The molecule has 0 amide bonds. The van der Waals surface area contributed by atoms with Crippen molar-refractivity contribution in [2.24, 2.45) is 0 Å². The summed E-state index contributed by atoms with van der Waals surface area (Å²) in [5, 5.41) is 4.72. The lowest BCUT2D eigenvalue weighted by Crippen LogP contribution is -2.17. The van der Waals surface area contributed by atoms with E-state index in [1.165, 1.54) is 66.4 Å². The molecule has 0 saturated carbocycles. The molecule has 1 aliphatic rings. The summed E-state index contributed by atoms with van der Waals surface area (Å²) in [5.74, 6) is 0. The van der Waals surface area contributed by atoms with Gasteiger partial charge in [0.25, 0.3) is 0 Å². The van der Waals surface area contributed by atoms with E-state index in [-0.39, 0.29) is 5.41 Å². The average molecular weight is 806 g/mol. The average Bonchev–Trinajstić information content (AvgIpc) is 3.83. The zero-order chi connectivity index (χ0) is 42.1. The molecular weight excluding hydrogens is 763 g/mol. The lowest BCUT2D eigenvalue weighted by atomic mass is 9.81. The minimum atomic E-state index is -0.190. The van der Waals surface area contributed by atoms with Crippen LogP contribution in [0.5, 0.6) is 0 Å². The van der Waals surface area contributed by atoms with Gasteiger partial charge in [0.05, 0.1) is 5.69 Å². The molecule has 0 saturated heterocycles. The number of fused-ring (bicyclic) bond motifs is 7. The Kier molecular flexibility index (Phi) is 8.55. The molecule has 10 aromatic carbocycles. The maximum Gasteiger partial charge on any atom is 0.136 e. The number of furan rings is 1. The van der Waals surface area contributed by atoms with E-state index in [0.717, 1.165) is 50.1 Å². The zero-order valence-electron chi connectivity index (χ0n) is 35.2. The first-order valence-corrected chi connectivity index (χ1v) is 21.8. The molecule has 1 aliphatic carbocycles. The summed E-state index contributed by atoms with van der Waals surface area (Å²) in [4.78, 5) is 2.45. The topological polar surface area (TPSA) is 16.4 Å². The number of anilines is 3. The maximum absolute atomic E-state index is 6.21. The summed E-state index contributed by atoms with van der Waals surface area (Å²) in [6.07, 6.45) is 0. The quantitative estimate of drug-likeness (QED) is 0.160. The molecule has 2 heteroatoms. The van der Waals surface area contributed by atoms with Crippen LogP contribution < -0.4 is 4.90 Å². The third kappa shape index (κ3) is 6.17. The lowest BCUT2D eigenvalue weighted by Gasteiger charge is -2.29. The molecule has 0 fully saturated rings. The molecule has 1 heterocycles. The number of rotatable bonds is 7. The lowest BCUT2D eigenvalue weighted by molar-refractivity contribution is 0.660. The fraction of sp³-hybridized carbons (Fsp3) is 0.0492. The fourth-order valence-electron chi connectivity index (χ4n) is 10.0. The van der Waals surface area contributed by atoms with Gasteiger partial charge in [-0.15, -0.1) is 0 Å². The van der Waals surface area contributed by atoms with Crippen LogP contribution in [0.15, 0.2) is 229 Å². The van der Waals surface area contributed by atoms with Crippen molar-refractivity contribution in [1.29, 1.82) is 0 Å². The SMILES string of the molecule is CC1(C)c2cc(-c3ccccc3)ccc2-c2ccc(N(c3ccc(-c4ccc(-c5ccc6c(c5)oc5ccccc56)cc4)cc3)c3ccc(-c4ccccc4)c4ccccc34)cc21. The molecule has 1 aromatic heterocycles. The molecule has 0 bridgehead atoms. The Balaban J connectivity index is 0.940.